The van der Waals surface area contributed by atoms with Crippen molar-refractivity contribution < 1.29 is 0 Å². The van der Waals surface area contributed by atoms with Gasteiger partial charge in [-0.3, -0.25) is 0 Å². The van der Waals surface area contributed by atoms with Gasteiger partial charge in [-0.25, -0.2) is 0 Å². The van der Waals surface area contributed by atoms with Crippen molar-refractivity contribution in [2.24, 2.45) is 5.73 Å². The Hall–Kier alpha value is -0.820. The summed E-state index contributed by atoms with van der Waals surface area (Å²) < 4.78 is 0. The Morgan fingerprint density at radius 1 is 1.21 bits per heavy atom. The molecule has 0 unspecified atom stereocenters. The molecule has 0 radical (unpaired) electrons. The van der Waals surface area contributed by atoms with Crippen molar-refractivity contribution in [2.45, 2.75) is 44.6 Å². The Labute approximate surface area is 86.3 Å². The van der Waals surface area contributed by atoms with Crippen LogP contribution in [0.2, 0.25) is 0 Å². The smallest absolute Gasteiger partial charge is 0.0108 e. The average molecular weight is 189 g/mol. The molecule has 1 saturated carbocycles. The van der Waals surface area contributed by atoms with Crippen LogP contribution in [0, 0.1) is 6.92 Å². The van der Waals surface area contributed by atoms with Gasteiger partial charge in [0.25, 0.3) is 0 Å². The quantitative estimate of drug-likeness (QED) is 0.722. The van der Waals surface area contributed by atoms with Gasteiger partial charge in [-0.05, 0) is 31.2 Å². The molecule has 1 aliphatic carbocycles. The molecule has 0 bridgehead atoms. The molecule has 14 heavy (non-hydrogen) atoms. The number of hydrogen-bond acceptors (Lipinski definition) is 1. The largest absolute Gasteiger partial charge is 0.327 e. The summed E-state index contributed by atoms with van der Waals surface area (Å²) in [6.07, 6.45) is 5.11. The molecule has 0 amide bonds. The standard InChI is InChI=1S/C13H19N/c1-10-5-4-6-11(9-10)12-7-2-3-8-13(12)14/h4-6,9,12-13H,2-3,7-8,14H2,1H3/t12-,13+/m0/s1. The minimum absolute atomic E-state index is 0.380. The molecule has 76 valence electrons. The first-order valence-corrected chi connectivity index (χ1v) is 5.59. The molecule has 1 aromatic rings. The van der Waals surface area contributed by atoms with E-state index in [1.165, 1.54) is 36.8 Å². The van der Waals surface area contributed by atoms with E-state index in [-0.39, 0.29) is 0 Å². The highest BCUT2D eigenvalue weighted by molar-refractivity contribution is 5.27. The highest BCUT2D eigenvalue weighted by atomic mass is 14.7. The van der Waals surface area contributed by atoms with Crippen LogP contribution in [0.5, 0.6) is 0 Å². The van der Waals surface area contributed by atoms with Crippen LogP contribution < -0.4 is 5.73 Å². The van der Waals surface area contributed by atoms with Gasteiger partial charge in [-0.1, -0.05) is 42.7 Å². The van der Waals surface area contributed by atoms with Crippen molar-refractivity contribution in [3.05, 3.63) is 35.4 Å². The zero-order chi connectivity index (χ0) is 9.97. The predicted octanol–water partition coefficient (Wildman–Crippen LogP) is 2.98. The van der Waals surface area contributed by atoms with Gasteiger partial charge in [0, 0.05) is 6.04 Å². The Balaban J connectivity index is 2.20. The summed E-state index contributed by atoms with van der Waals surface area (Å²) in [7, 11) is 0. The highest BCUT2D eigenvalue weighted by Crippen LogP contribution is 2.31. The van der Waals surface area contributed by atoms with E-state index in [0.29, 0.717) is 12.0 Å². The van der Waals surface area contributed by atoms with E-state index in [9.17, 15) is 0 Å². The monoisotopic (exact) mass is 189 g/mol. The van der Waals surface area contributed by atoms with Gasteiger partial charge in [0.15, 0.2) is 0 Å². The average Bonchev–Trinajstić information content (AvgIpc) is 2.18. The molecule has 2 N–H and O–H groups in total. The van der Waals surface area contributed by atoms with Crippen LogP contribution in [0.25, 0.3) is 0 Å². The zero-order valence-corrected chi connectivity index (χ0v) is 8.87. The molecular weight excluding hydrogens is 170 g/mol. The molecular formula is C13H19N. The van der Waals surface area contributed by atoms with E-state index >= 15 is 0 Å². The Morgan fingerprint density at radius 3 is 2.71 bits per heavy atom. The second kappa shape index (κ2) is 4.14. The molecule has 2 rings (SSSR count). The number of benzene rings is 1. The minimum Gasteiger partial charge on any atom is -0.327 e. The lowest BCUT2D eigenvalue weighted by Gasteiger charge is -2.29. The van der Waals surface area contributed by atoms with Crippen LogP contribution in [0.1, 0.15) is 42.7 Å². The molecule has 1 aliphatic rings. The van der Waals surface area contributed by atoms with E-state index in [0.717, 1.165) is 0 Å². The number of hydrogen-bond donors (Lipinski definition) is 1. The minimum atomic E-state index is 0.380. The lowest BCUT2D eigenvalue weighted by molar-refractivity contribution is 0.385. The van der Waals surface area contributed by atoms with Crippen molar-refractivity contribution in [1.29, 1.82) is 0 Å². The van der Waals surface area contributed by atoms with E-state index in [4.69, 9.17) is 5.73 Å². The molecule has 1 aromatic carbocycles. The zero-order valence-electron chi connectivity index (χ0n) is 8.87. The van der Waals surface area contributed by atoms with E-state index in [1.807, 2.05) is 0 Å². The van der Waals surface area contributed by atoms with Crippen LogP contribution in [-0.4, -0.2) is 6.04 Å². The maximum Gasteiger partial charge on any atom is 0.0108 e. The van der Waals surface area contributed by atoms with Crippen LogP contribution in [0.15, 0.2) is 24.3 Å². The summed E-state index contributed by atoms with van der Waals surface area (Å²) in [5, 5.41) is 0. The van der Waals surface area contributed by atoms with E-state index in [1.54, 1.807) is 0 Å². The fourth-order valence-electron chi connectivity index (χ4n) is 2.47. The molecule has 0 aromatic heterocycles. The first-order valence-electron chi connectivity index (χ1n) is 5.59. The third-order valence-electron chi connectivity index (χ3n) is 3.29. The third kappa shape index (κ3) is 1.98. The molecule has 2 atom stereocenters. The Bertz CT molecular complexity index is 306. The van der Waals surface area contributed by atoms with Gasteiger partial charge in [0.2, 0.25) is 0 Å². The van der Waals surface area contributed by atoms with Gasteiger partial charge in [-0.2, -0.15) is 0 Å². The predicted molar refractivity (Wildman–Crippen MR) is 60.4 cm³/mol. The van der Waals surface area contributed by atoms with Gasteiger partial charge in [0.1, 0.15) is 0 Å². The van der Waals surface area contributed by atoms with Crippen LogP contribution in [0.4, 0.5) is 0 Å². The topological polar surface area (TPSA) is 26.0 Å². The molecule has 1 heteroatoms. The lowest BCUT2D eigenvalue weighted by atomic mass is 9.80. The molecule has 0 spiro atoms. The molecule has 1 fully saturated rings. The summed E-state index contributed by atoms with van der Waals surface area (Å²) in [6.45, 7) is 2.15. The fourth-order valence-corrected chi connectivity index (χ4v) is 2.47. The first kappa shape index (κ1) is 9.72. The number of rotatable bonds is 1. The van der Waals surface area contributed by atoms with Gasteiger partial charge < -0.3 is 5.73 Å². The Morgan fingerprint density at radius 2 is 2.00 bits per heavy atom. The number of aryl methyl sites for hydroxylation is 1. The summed E-state index contributed by atoms with van der Waals surface area (Å²) in [6, 6.07) is 9.19. The number of nitrogens with two attached hydrogens (primary N) is 1. The van der Waals surface area contributed by atoms with Crippen LogP contribution >= 0.6 is 0 Å². The molecule has 0 aliphatic heterocycles. The van der Waals surface area contributed by atoms with Crippen molar-refractivity contribution in [1.82, 2.24) is 0 Å². The normalized spacial score (nSPS) is 27.6. The molecule has 0 saturated heterocycles. The second-order valence-corrected chi connectivity index (χ2v) is 4.47. The summed E-state index contributed by atoms with van der Waals surface area (Å²) in [4.78, 5) is 0. The summed E-state index contributed by atoms with van der Waals surface area (Å²) in [5.41, 5.74) is 8.95. The van der Waals surface area contributed by atoms with Gasteiger partial charge >= 0.3 is 0 Å². The summed E-state index contributed by atoms with van der Waals surface area (Å²) >= 11 is 0. The Kier molecular flexibility index (Phi) is 2.87. The van der Waals surface area contributed by atoms with Crippen molar-refractivity contribution in [3.8, 4) is 0 Å². The fraction of sp³-hybridized carbons (Fsp3) is 0.538. The maximum atomic E-state index is 6.16. The van der Waals surface area contributed by atoms with Crippen molar-refractivity contribution in [3.63, 3.8) is 0 Å². The SMILES string of the molecule is Cc1cccc([C@@H]2CCCC[C@H]2N)c1. The van der Waals surface area contributed by atoms with E-state index in [2.05, 4.69) is 31.2 Å². The first-order chi connectivity index (χ1) is 6.77. The molecule has 0 heterocycles. The summed E-state index contributed by atoms with van der Waals surface area (Å²) in [5.74, 6) is 0.601. The van der Waals surface area contributed by atoms with Crippen LogP contribution in [-0.2, 0) is 0 Å². The van der Waals surface area contributed by atoms with Crippen molar-refractivity contribution in [2.75, 3.05) is 0 Å². The third-order valence-corrected chi connectivity index (χ3v) is 3.29. The van der Waals surface area contributed by atoms with Crippen LogP contribution in [0.3, 0.4) is 0 Å². The van der Waals surface area contributed by atoms with Crippen molar-refractivity contribution >= 4 is 0 Å². The lowest BCUT2D eigenvalue weighted by Crippen LogP contribution is -2.31. The van der Waals surface area contributed by atoms with E-state index < -0.39 is 0 Å². The second-order valence-electron chi connectivity index (χ2n) is 4.47. The maximum absolute atomic E-state index is 6.16. The van der Waals surface area contributed by atoms with Gasteiger partial charge in [0.05, 0.1) is 0 Å². The van der Waals surface area contributed by atoms with Gasteiger partial charge in [-0.15, -0.1) is 0 Å². The highest BCUT2D eigenvalue weighted by Gasteiger charge is 2.22. The molecule has 1 nitrogen and oxygen atoms in total.